The van der Waals surface area contributed by atoms with E-state index in [1.165, 1.54) is 12.1 Å². The lowest BCUT2D eigenvalue weighted by Gasteiger charge is -2.12. The van der Waals surface area contributed by atoms with E-state index in [1.54, 1.807) is 36.5 Å². The molecule has 0 unspecified atom stereocenters. The van der Waals surface area contributed by atoms with Crippen molar-refractivity contribution >= 4 is 48.1 Å². The Morgan fingerprint density at radius 1 is 1.00 bits per heavy atom. The number of halogens is 1. The number of hydrogen-bond acceptors (Lipinski definition) is 5. The van der Waals surface area contributed by atoms with E-state index in [0.717, 1.165) is 17.7 Å². The van der Waals surface area contributed by atoms with Gasteiger partial charge in [-0.05, 0) is 30.3 Å². The third-order valence-corrected chi connectivity index (χ3v) is 6.45. The van der Waals surface area contributed by atoms with Crippen LogP contribution in [0.3, 0.4) is 0 Å². The molecule has 1 heterocycles. The molecule has 9 heteroatoms. The number of aromatic nitrogens is 1. The van der Waals surface area contributed by atoms with Gasteiger partial charge in [0, 0.05) is 17.8 Å². The number of rotatable bonds is 4. The highest BCUT2D eigenvalue weighted by Gasteiger charge is 2.22. The van der Waals surface area contributed by atoms with E-state index in [2.05, 4.69) is 9.71 Å². The fourth-order valence-electron chi connectivity index (χ4n) is 2.31. The van der Waals surface area contributed by atoms with Crippen LogP contribution >= 0.6 is 11.6 Å². The van der Waals surface area contributed by atoms with Crippen molar-refractivity contribution in [3.63, 3.8) is 0 Å². The van der Waals surface area contributed by atoms with Gasteiger partial charge in [-0.25, -0.2) is 16.8 Å². The third kappa shape index (κ3) is 3.60. The van der Waals surface area contributed by atoms with Crippen molar-refractivity contribution in [2.75, 3.05) is 11.0 Å². The molecule has 3 aromatic rings. The van der Waals surface area contributed by atoms with Gasteiger partial charge in [-0.1, -0.05) is 29.8 Å². The number of sulfone groups is 1. The quantitative estimate of drug-likeness (QED) is 0.731. The number of hydrogen-bond donors (Lipinski definition) is 1. The molecule has 0 aliphatic rings. The zero-order valence-corrected chi connectivity index (χ0v) is 15.4. The van der Waals surface area contributed by atoms with Crippen LogP contribution in [0.2, 0.25) is 5.02 Å². The van der Waals surface area contributed by atoms with Crippen molar-refractivity contribution in [1.82, 2.24) is 4.98 Å². The van der Waals surface area contributed by atoms with Crippen LogP contribution in [0.1, 0.15) is 0 Å². The molecule has 0 radical (unpaired) electrons. The minimum absolute atomic E-state index is 0.0758. The molecule has 0 atom stereocenters. The van der Waals surface area contributed by atoms with Gasteiger partial charge in [-0.15, -0.1) is 0 Å². The van der Waals surface area contributed by atoms with Crippen molar-refractivity contribution in [2.24, 2.45) is 0 Å². The molecule has 0 fully saturated rings. The first-order valence-corrected chi connectivity index (χ1v) is 10.8. The van der Waals surface area contributed by atoms with E-state index in [0.29, 0.717) is 5.52 Å². The number of nitrogens with zero attached hydrogens (tertiary/aromatic N) is 1. The number of pyridine rings is 1. The molecule has 3 rings (SSSR count). The van der Waals surface area contributed by atoms with E-state index < -0.39 is 19.9 Å². The van der Waals surface area contributed by atoms with Crippen molar-refractivity contribution in [1.29, 1.82) is 0 Å². The van der Waals surface area contributed by atoms with Crippen molar-refractivity contribution < 1.29 is 16.8 Å². The van der Waals surface area contributed by atoms with Crippen LogP contribution < -0.4 is 4.72 Å². The third-order valence-electron chi connectivity index (χ3n) is 3.50. The van der Waals surface area contributed by atoms with E-state index in [9.17, 15) is 16.8 Å². The molecule has 0 saturated carbocycles. The van der Waals surface area contributed by atoms with E-state index >= 15 is 0 Å². The second kappa shape index (κ2) is 6.29. The predicted molar refractivity (Wildman–Crippen MR) is 97.1 cm³/mol. The van der Waals surface area contributed by atoms with Gasteiger partial charge in [0.05, 0.1) is 21.1 Å². The summed E-state index contributed by atoms with van der Waals surface area (Å²) in [6.07, 6.45) is 2.55. The van der Waals surface area contributed by atoms with E-state index in [-0.39, 0.29) is 20.5 Å². The van der Waals surface area contributed by atoms with Crippen LogP contribution in [-0.4, -0.2) is 28.1 Å². The van der Waals surface area contributed by atoms with E-state index in [1.807, 2.05) is 0 Å². The maximum Gasteiger partial charge on any atom is 0.263 e. The van der Waals surface area contributed by atoms with Crippen LogP contribution in [0.4, 0.5) is 5.69 Å². The Kier molecular flexibility index (Phi) is 4.44. The minimum atomic E-state index is -4.10. The maximum atomic E-state index is 12.7. The Morgan fingerprint density at radius 3 is 2.44 bits per heavy atom. The van der Waals surface area contributed by atoms with Crippen LogP contribution in [0.25, 0.3) is 10.9 Å². The summed E-state index contributed by atoms with van der Waals surface area (Å²) in [5.74, 6) is 0. The van der Waals surface area contributed by atoms with E-state index in [4.69, 9.17) is 11.6 Å². The minimum Gasteiger partial charge on any atom is -0.277 e. The van der Waals surface area contributed by atoms with Crippen LogP contribution in [0.15, 0.2) is 64.5 Å². The molecular weight excluding hydrogens is 384 g/mol. The number of benzene rings is 2. The largest absolute Gasteiger partial charge is 0.277 e. The highest BCUT2D eigenvalue weighted by Crippen LogP contribution is 2.28. The Morgan fingerprint density at radius 2 is 1.72 bits per heavy atom. The van der Waals surface area contributed by atoms with Crippen molar-refractivity contribution in [3.05, 3.63) is 59.8 Å². The molecule has 0 saturated heterocycles. The molecule has 130 valence electrons. The Balaban J connectivity index is 2.11. The Bertz CT molecular complexity index is 1170. The predicted octanol–water partition coefficient (Wildman–Crippen LogP) is 3.09. The summed E-state index contributed by atoms with van der Waals surface area (Å²) >= 11 is 5.99. The first-order chi connectivity index (χ1) is 11.7. The Hall–Kier alpha value is -2.16. The summed E-state index contributed by atoms with van der Waals surface area (Å²) in [4.78, 5) is 3.74. The highest BCUT2D eigenvalue weighted by atomic mass is 35.5. The molecule has 1 aromatic heterocycles. The van der Waals surface area contributed by atoms with Crippen LogP contribution in [0.5, 0.6) is 0 Å². The number of para-hydroxylation sites is 1. The van der Waals surface area contributed by atoms with Crippen molar-refractivity contribution in [3.8, 4) is 0 Å². The summed E-state index contributed by atoms with van der Waals surface area (Å²) in [7, 11) is -7.68. The van der Waals surface area contributed by atoms with Gasteiger partial charge in [0.2, 0.25) is 0 Å². The Labute approximate surface area is 150 Å². The number of sulfonamides is 1. The molecule has 1 N–H and O–H groups in total. The normalized spacial score (nSPS) is 12.2. The zero-order valence-electron chi connectivity index (χ0n) is 13.0. The maximum absolute atomic E-state index is 12.7. The van der Waals surface area contributed by atoms with Gasteiger partial charge in [-0.3, -0.25) is 9.71 Å². The second-order valence-corrected chi connectivity index (χ2v) is 9.42. The fourth-order valence-corrected chi connectivity index (χ4v) is 4.62. The SMILES string of the molecule is CS(=O)(=O)c1ccc(Cl)c(S(=O)(=O)Nc2cccc3cccnc23)c1. The highest BCUT2D eigenvalue weighted by molar-refractivity contribution is 7.93. The van der Waals surface area contributed by atoms with Gasteiger partial charge < -0.3 is 0 Å². The summed E-state index contributed by atoms with van der Waals surface area (Å²) in [6.45, 7) is 0. The average molecular weight is 397 g/mol. The summed E-state index contributed by atoms with van der Waals surface area (Å²) in [5, 5.41) is 0.687. The van der Waals surface area contributed by atoms with Gasteiger partial charge in [0.25, 0.3) is 10.0 Å². The molecular formula is C16H13ClN2O4S2. The summed E-state index contributed by atoms with van der Waals surface area (Å²) < 4.78 is 51.3. The first-order valence-electron chi connectivity index (χ1n) is 7.05. The number of anilines is 1. The number of fused-ring (bicyclic) bond motifs is 1. The molecule has 0 aliphatic carbocycles. The summed E-state index contributed by atoms with van der Waals surface area (Å²) in [6, 6.07) is 12.2. The van der Waals surface area contributed by atoms with Crippen LogP contribution in [-0.2, 0) is 19.9 Å². The summed E-state index contributed by atoms with van der Waals surface area (Å²) in [5.41, 5.74) is 0.753. The molecule has 2 aromatic carbocycles. The van der Waals surface area contributed by atoms with Crippen LogP contribution in [0, 0.1) is 0 Å². The van der Waals surface area contributed by atoms with Gasteiger partial charge in [-0.2, -0.15) is 0 Å². The topological polar surface area (TPSA) is 93.2 Å². The molecule has 0 aliphatic heterocycles. The average Bonchev–Trinajstić information content (AvgIpc) is 2.54. The molecule has 25 heavy (non-hydrogen) atoms. The zero-order chi connectivity index (χ0) is 18.2. The number of nitrogens with one attached hydrogen (secondary N) is 1. The fraction of sp³-hybridized carbons (Fsp3) is 0.0625. The monoisotopic (exact) mass is 396 g/mol. The molecule has 0 amide bonds. The molecule has 6 nitrogen and oxygen atoms in total. The van der Waals surface area contributed by atoms with Crippen molar-refractivity contribution in [2.45, 2.75) is 9.79 Å². The lowest BCUT2D eigenvalue weighted by molar-refractivity contribution is 0.600. The molecule has 0 bridgehead atoms. The van der Waals surface area contributed by atoms with Gasteiger partial charge >= 0.3 is 0 Å². The van der Waals surface area contributed by atoms with Gasteiger partial charge in [0.1, 0.15) is 4.90 Å². The lowest BCUT2D eigenvalue weighted by atomic mass is 10.2. The molecule has 0 spiro atoms. The standard InChI is InChI=1S/C16H13ClN2O4S2/c1-24(20,21)12-7-8-13(17)15(10-12)25(22,23)19-14-6-2-4-11-5-3-9-18-16(11)14/h2-10,19H,1H3. The first kappa shape index (κ1) is 17.7. The smallest absolute Gasteiger partial charge is 0.263 e. The van der Waals surface area contributed by atoms with Gasteiger partial charge in [0.15, 0.2) is 9.84 Å². The lowest BCUT2D eigenvalue weighted by Crippen LogP contribution is -2.14. The second-order valence-electron chi connectivity index (χ2n) is 5.35.